The third kappa shape index (κ3) is 4.33. The van der Waals surface area contributed by atoms with Crippen molar-refractivity contribution in [1.82, 2.24) is 13.4 Å². The molecule has 1 fully saturated rings. The van der Waals surface area contributed by atoms with Crippen molar-refractivity contribution < 1.29 is 13.2 Å². The van der Waals surface area contributed by atoms with E-state index in [-0.39, 0.29) is 22.9 Å². The smallest absolute Gasteiger partial charge is 0.343 e. The summed E-state index contributed by atoms with van der Waals surface area (Å²) in [6.45, 7) is 1.99. The van der Waals surface area contributed by atoms with Crippen LogP contribution in [-0.4, -0.2) is 53.9 Å². The first kappa shape index (κ1) is 23.2. The number of amides is 1. The Morgan fingerprint density at radius 1 is 0.829 bits per heavy atom. The van der Waals surface area contributed by atoms with Gasteiger partial charge < -0.3 is 9.80 Å². The summed E-state index contributed by atoms with van der Waals surface area (Å²) in [6.07, 6.45) is 0. The molecule has 1 saturated heterocycles. The lowest BCUT2D eigenvalue weighted by atomic mass is 10.2. The van der Waals surface area contributed by atoms with Crippen LogP contribution in [0.5, 0.6) is 0 Å². The Labute approximate surface area is 207 Å². The minimum atomic E-state index is -4.14. The van der Waals surface area contributed by atoms with E-state index >= 15 is 0 Å². The van der Waals surface area contributed by atoms with Crippen LogP contribution >= 0.6 is 11.6 Å². The van der Waals surface area contributed by atoms with Gasteiger partial charge in [-0.25, -0.2) is 13.2 Å². The van der Waals surface area contributed by atoms with E-state index in [1.165, 1.54) is 16.7 Å². The molecular weight excluding hydrogens is 488 g/mol. The molecule has 4 aromatic rings. The second kappa shape index (κ2) is 9.24. The van der Waals surface area contributed by atoms with Gasteiger partial charge in [0.2, 0.25) is 5.91 Å². The molecule has 0 saturated carbocycles. The van der Waals surface area contributed by atoms with Gasteiger partial charge in [-0.1, -0.05) is 48.0 Å². The number of anilines is 1. The molecule has 10 heteroatoms. The monoisotopic (exact) mass is 510 g/mol. The molecule has 2 heterocycles. The highest BCUT2D eigenvalue weighted by molar-refractivity contribution is 7.90. The zero-order valence-electron chi connectivity index (χ0n) is 18.7. The van der Waals surface area contributed by atoms with Crippen molar-refractivity contribution in [3.05, 3.63) is 94.4 Å². The molecule has 0 bridgehead atoms. The molecule has 1 aliphatic rings. The van der Waals surface area contributed by atoms with E-state index in [0.717, 1.165) is 9.66 Å². The van der Waals surface area contributed by atoms with Gasteiger partial charge in [-0.2, -0.15) is 3.97 Å². The van der Waals surface area contributed by atoms with Gasteiger partial charge >= 0.3 is 5.69 Å². The Morgan fingerprint density at radius 3 is 2.17 bits per heavy atom. The normalized spacial score (nSPS) is 14.4. The third-order valence-corrected chi connectivity index (χ3v) is 8.11. The summed E-state index contributed by atoms with van der Waals surface area (Å²) in [6, 6.07) is 22.0. The van der Waals surface area contributed by atoms with Crippen molar-refractivity contribution in [2.45, 2.75) is 11.4 Å². The number of carbonyl (C=O) groups is 1. The highest BCUT2D eigenvalue weighted by Crippen LogP contribution is 2.22. The van der Waals surface area contributed by atoms with Crippen LogP contribution in [-0.2, 0) is 21.4 Å². The van der Waals surface area contributed by atoms with E-state index in [9.17, 15) is 18.0 Å². The molecule has 1 aliphatic heterocycles. The molecule has 0 spiro atoms. The molecule has 3 aromatic carbocycles. The van der Waals surface area contributed by atoms with Crippen molar-refractivity contribution in [2.75, 3.05) is 31.1 Å². The van der Waals surface area contributed by atoms with Crippen LogP contribution in [0.25, 0.3) is 11.0 Å². The van der Waals surface area contributed by atoms with Gasteiger partial charge in [0, 0.05) is 36.9 Å². The van der Waals surface area contributed by atoms with Crippen molar-refractivity contribution in [2.24, 2.45) is 0 Å². The number of para-hydroxylation sites is 2. The molecule has 5 rings (SSSR count). The van der Waals surface area contributed by atoms with Crippen molar-refractivity contribution in [1.29, 1.82) is 0 Å². The molecule has 35 heavy (non-hydrogen) atoms. The number of carbonyl (C=O) groups excluding carboxylic acids is 1. The second-order valence-electron chi connectivity index (χ2n) is 8.29. The number of aromatic nitrogens is 2. The van der Waals surface area contributed by atoms with Crippen LogP contribution in [0.1, 0.15) is 0 Å². The van der Waals surface area contributed by atoms with Gasteiger partial charge in [-0.3, -0.25) is 9.36 Å². The number of hydrogen-bond donors (Lipinski definition) is 0. The standard InChI is InChI=1S/C25H23ClN4O4S/c26-19-7-6-8-20(17-19)27-13-15-28(16-14-27)24(31)18-29-22-11-4-5-12-23(22)30(25(29)32)35(33,34)21-9-2-1-3-10-21/h1-12,17H,13-16,18H2. The lowest BCUT2D eigenvalue weighted by Crippen LogP contribution is -2.50. The zero-order valence-corrected chi connectivity index (χ0v) is 20.3. The summed E-state index contributed by atoms with van der Waals surface area (Å²) in [5.41, 5.74) is 0.860. The number of piperazine rings is 1. The second-order valence-corrected chi connectivity index (χ2v) is 10.5. The van der Waals surface area contributed by atoms with Crippen molar-refractivity contribution in [3.8, 4) is 0 Å². The minimum Gasteiger partial charge on any atom is -0.368 e. The molecular formula is C25H23ClN4O4S. The molecule has 0 N–H and O–H groups in total. The number of hydrogen-bond acceptors (Lipinski definition) is 5. The van der Waals surface area contributed by atoms with Crippen LogP contribution < -0.4 is 10.6 Å². The predicted octanol–water partition coefficient (Wildman–Crippen LogP) is 3.04. The summed E-state index contributed by atoms with van der Waals surface area (Å²) in [5, 5.41) is 0.655. The van der Waals surface area contributed by atoms with Crippen LogP contribution in [0.2, 0.25) is 5.02 Å². The molecule has 1 aromatic heterocycles. The highest BCUT2D eigenvalue weighted by Gasteiger charge is 2.27. The summed E-state index contributed by atoms with van der Waals surface area (Å²) in [5.74, 6) is -0.238. The molecule has 1 amide bonds. The van der Waals surface area contributed by atoms with Crippen LogP contribution in [0, 0.1) is 0 Å². The third-order valence-electron chi connectivity index (χ3n) is 6.18. The van der Waals surface area contributed by atoms with Gasteiger partial charge in [-0.15, -0.1) is 0 Å². The van der Waals surface area contributed by atoms with E-state index in [0.29, 0.717) is 36.7 Å². The van der Waals surface area contributed by atoms with Crippen LogP contribution in [0.4, 0.5) is 5.69 Å². The topological polar surface area (TPSA) is 84.6 Å². The van der Waals surface area contributed by atoms with Crippen LogP contribution in [0.3, 0.4) is 0 Å². The summed E-state index contributed by atoms with van der Waals surface area (Å²) in [4.78, 5) is 30.4. The maximum absolute atomic E-state index is 13.4. The van der Waals surface area contributed by atoms with Gasteiger partial charge in [0.1, 0.15) is 6.54 Å². The Kier molecular flexibility index (Phi) is 6.12. The number of benzene rings is 3. The van der Waals surface area contributed by atoms with E-state index < -0.39 is 15.7 Å². The first-order valence-corrected chi connectivity index (χ1v) is 13.0. The number of fused-ring (bicyclic) bond motifs is 1. The van der Waals surface area contributed by atoms with E-state index in [1.54, 1.807) is 47.4 Å². The SMILES string of the molecule is O=C(Cn1c(=O)n(S(=O)(=O)c2ccccc2)c2ccccc21)N1CCN(c2cccc(Cl)c2)CC1. The molecule has 0 atom stereocenters. The fourth-order valence-corrected chi connectivity index (χ4v) is 6.00. The fourth-order valence-electron chi connectivity index (χ4n) is 4.38. The van der Waals surface area contributed by atoms with Crippen molar-refractivity contribution in [3.63, 3.8) is 0 Å². The number of rotatable bonds is 5. The lowest BCUT2D eigenvalue weighted by molar-refractivity contribution is -0.132. The molecule has 8 nitrogen and oxygen atoms in total. The Bertz CT molecular complexity index is 1560. The van der Waals surface area contributed by atoms with Gasteiger partial charge in [-0.05, 0) is 42.5 Å². The maximum atomic E-state index is 13.4. The fraction of sp³-hybridized carbons (Fsp3) is 0.200. The average Bonchev–Trinajstić information content (AvgIpc) is 3.16. The number of imidazole rings is 1. The molecule has 0 unspecified atom stereocenters. The van der Waals surface area contributed by atoms with Gasteiger partial charge in [0.25, 0.3) is 10.0 Å². The van der Waals surface area contributed by atoms with Gasteiger partial charge in [0.05, 0.1) is 15.9 Å². The van der Waals surface area contributed by atoms with E-state index in [4.69, 9.17) is 11.6 Å². The molecule has 0 radical (unpaired) electrons. The van der Waals surface area contributed by atoms with Crippen molar-refractivity contribution >= 4 is 44.3 Å². The Hall–Kier alpha value is -3.56. The van der Waals surface area contributed by atoms with Crippen LogP contribution in [0.15, 0.2) is 88.6 Å². The number of halogens is 1. The predicted molar refractivity (Wildman–Crippen MR) is 135 cm³/mol. The summed E-state index contributed by atoms with van der Waals surface area (Å²) >= 11 is 6.10. The first-order chi connectivity index (χ1) is 16.9. The number of nitrogens with zero attached hydrogens (tertiary/aromatic N) is 4. The summed E-state index contributed by atoms with van der Waals surface area (Å²) in [7, 11) is -4.14. The highest BCUT2D eigenvalue weighted by atomic mass is 35.5. The molecule has 0 aliphatic carbocycles. The van der Waals surface area contributed by atoms with E-state index in [2.05, 4.69) is 4.90 Å². The maximum Gasteiger partial charge on any atom is 0.343 e. The van der Waals surface area contributed by atoms with Gasteiger partial charge in [0.15, 0.2) is 0 Å². The lowest BCUT2D eigenvalue weighted by Gasteiger charge is -2.36. The Balaban J connectivity index is 1.41. The largest absolute Gasteiger partial charge is 0.368 e. The Morgan fingerprint density at radius 2 is 1.49 bits per heavy atom. The first-order valence-electron chi connectivity index (χ1n) is 11.2. The zero-order chi connectivity index (χ0) is 24.6. The minimum absolute atomic E-state index is 0.00784. The quantitative estimate of drug-likeness (QED) is 0.412. The van der Waals surface area contributed by atoms with E-state index in [1.807, 2.05) is 24.3 Å². The molecule has 180 valence electrons. The summed E-state index contributed by atoms with van der Waals surface area (Å²) < 4.78 is 28.6. The average molecular weight is 511 g/mol.